The first-order valence-corrected chi connectivity index (χ1v) is 11.2. The number of carbonyl (C=O) groups is 1. The van der Waals surface area contributed by atoms with Gasteiger partial charge in [-0.25, -0.2) is 4.79 Å². The van der Waals surface area contributed by atoms with Gasteiger partial charge in [0.15, 0.2) is 0 Å². The largest absolute Gasteiger partial charge is 0.497 e. The highest BCUT2D eigenvalue weighted by molar-refractivity contribution is 5.90. The molecule has 0 bridgehead atoms. The van der Waals surface area contributed by atoms with Gasteiger partial charge in [-0.15, -0.1) is 0 Å². The van der Waals surface area contributed by atoms with Crippen molar-refractivity contribution in [2.75, 3.05) is 12.4 Å². The second-order valence-electron chi connectivity index (χ2n) is 8.22. The van der Waals surface area contributed by atoms with Crippen molar-refractivity contribution >= 4 is 11.7 Å². The molecule has 1 aliphatic rings. The van der Waals surface area contributed by atoms with Crippen molar-refractivity contribution in [3.8, 4) is 11.4 Å². The van der Waals surface area contributed by atoms with E-state index in [9.17, 15) is 4.79 Å². The molecule has 3 aromatic carbocycles. The molecule has 4 aromatic rings. The first-order chi connectivity index (χ1) is 16.2. The van der Waals surface area contributed by atoms with Gasteiger partial charge in [0.05, 0.1) is 25.4 Å². The predicted octanol–water partition coefficient (Wildman–Crippen LogP) is 6.19. The Balaban J connectivity index is 1.58. The lowest BCUT2D eigenvalue weighted by molar-refractivity contribution is 0.194. The summed E-state index contributed by atoms with van der Waals surface area (Å²) in [5, 5.41) is 3.12. The van der Waals surface area contributed by atoms with Crippen molar-refractivity contribution in [1.82, 2.24) is 9.47 Å². The minimum atomic E-state index is -0.256. The van der Waals surface area contributed by atoms with Gasteiger partial charge in [0.25, 0.3) is 0 Å². The van der Waals surface area contributed by atoms with Crippen molar-refractivity contribution in [2.45, 2.75) is 25.9 Å². The number of urea groups is 1. The van der Waals surface area contributed by atoms with Gasteiger partial charge in [-0.3, -0.25) is 0 Å². The number of amides is 2. The summed E-state index contributed by atoms with van der Waals surface area (Å²) in [5.41, 5.74) is 6.30. The topological polar surface area (TPSA) is 46.5 Å². The van der Waals surface area contributed by atoms with Crippen molar-refractivity contribution in [3.63, 3.8) is 0 Å². The van der Waals surface area contributed by atoms with E-state index in [1.165, 1.54) is 5.56 Å². The SMILES string of the molecule is CCc1ccc(NC(=O)N2Cc3ccccc3-n3cccc3C2c2ccc(OC)cc2)cc1. The molecule has 1 aliphatic heterocycles. The number of benzene rings is 3. The number of nitrogens with one attached hydrogen (secondary N) is 1. The van der Waals surface area contributed by atoms with Crippen LogP contribution in [0.25, 0.3) is 5.69 Å². The van der Waals surface area contributed by atoms with Crippen LogP contribution in [0.4, 0.5) is 10.5 Å². The third kappa shape index (κ3) is 3.98. The molecule has 1 aromatic heterocycles. The number of para-hydroxylation sites is 1. The lowest BCUT2D eigenvalue weighted by Crippen LogP contribution is -2.37. The maximum Gasteiger partial charge on any atom is 0.322 e. The summed E-state index contributed by atoms with van der Waals surface area (Å²) >= 11 is 0. The van der Waals surface area contributed by atoms with E-state index in [0.717, 1.165) is 40.4 Å². The van der Waals surface area contributed by atoms with E-state index < -0.39 is 0 Å². The molecule has 1 unspecified atom stereocenters. The molecule has 5 heteroatoms. The number of ether oxygens (including phenoxy) is 1. The number of anilines is 1. The lowest BCUT2D eigenvalue weighted by atomic mass is 10.0. The van der Waals surface area contributed by atoms with Crippen LogP contribution in [0.15, 0.2) is 91.1 Å². The Hall–Kier alpha value is -3.99. The molecular formula is C28H27N3O2. The fourth-order valence-electron chi connectivity index (χ4n) is 4.50. The molecule has 1 N–H and O–H groups in total. The van der Waals surface area contributed by atoms with Gasteiger partial charge >= 0.3 is 6.03 Å². The molecule has 0 spiro atoms. The van der Waals surface area contributed by atoms with Crippen LogP contribution in [0.3, 0.4) is 0 Å². The Morgan fingerprint density at radius 2 is 1.73 bits per heavy atom. The highest BCUT2D eigenvalue weighted by Crippen LogP contribution is 2.37. The molecule has 2 amide bonds. The summed E-state index contributed by atoms with van der Waals surface area (Å²) < 4.78 is 7.55. The van der Waals surface area contributed by atoms with Gasteiger partial charge in [-0.1, -0.05) is 49.4 Å². The van der Waals surface area contributed by atoms with Crippen LogP contribution in [-0.2, 0) is 13.0 Å². The van der Waals surface area contributed by atoms with E-state index in [4.69, 9.17) is 4.74 Å². The van der Waals surface area contributed by atoms with Gasteiger partial charge in [-0.05, 0) is 65.6 Å². The maximum absolute atomic E-state index is 13.7. The average Bonchev–Trinajstić information content (AvgIpc) is 3.29. The lowest BCUT2D eigenvalue weighted by Gasteiger charge is -2.31. The van der Waals surface area contributed by atoms with Crippen LogP contribution in [0.2, 0.25) is 0 Å². The monoisotopic (exact) mass is 437 g/mol. The van der Waals surface area contributed by atoms with Gasteiger partial charge < -0.3 is 19.5 Å². The average molecular weight is 438 g/mol. The van der Waals surface area contributed by atoms with Crippen LogP contribution in [0.1, 0.15) is 35.3 Å². The second kappa shape index (κ2) is 8.87. The number of hydrogen-bond donors (Lipinski definition) is 1. The minimum absolute atomic E-state index is 0.135. The summed E-state index contributed by atoms with van der Waals surface area (Å²) in [6.45, 7) is 2.62. The smallest absolute Gasteiger partial charge is 0.322 e. The molecule has 0 fully saturated rings. The van der Waals surface area contributed by atoms with Gasteiger partial charge in [0.1, 0.15) is 5.75 Å². The fraction of sp³-hybridized carbons (Fsp3) is 0.179. The Bertz CT molecular complexity index is 1260. The summed E-state index contributed by atoms with van der Waals surface area (Å²) in [5.74, 6) is 0.790. The molecule has 2 heterocycles. The number of aromatic nitrogens is 1. The zero-order chi connectivity index (χ0) is 22.8. The Labute approximate surface area is 194 Å². The van der Waals surface area contributed by atoms with E-state index in [1.54, 1.807) is 7.11 Å². The molecule has 0 radical (unpaired) electrons. The zero-order valence-electron chi connectivity index (χ0n) is 18.9. The highest BCUT2D eigenvalue weighted by atomic mass is 16.5. The number of carbonyl (C=O) groups excluding carboxylic acids is 1. The molecule has 0 saturated carbocycles. The number of aryl methyl sites for hydroxylation is 1. The van der Waals surface area contributed by atoms with Crippen molar-refractivity contribution in [2.24, 2.45) is 0 Å². The van der Waals surface area contributed by atoms with Gasteiger partial charge in [-0.2, -0.15) is 0 Å². The van der Waals surface area contributed by atoms with Crippen molar-refractivity contribution < 1.29 is 9.53 Å². The fourth-order valence-corrected chi connectivity index (χ4v) is 4.50. The standard InChI is InChI=1S/C28H27N3O2/c1-3-20-10-14-23(15-11-20)29-28(32)31-19-22-7-4-5-8-25(22)30-18-6-9-26(30)27(31)21-12-16-24(33-2)17-13-21/h4-18,27H,3,19H2,1-2H3,(H,29,32). The van der Waals surface area contributed by atoms with Crippen LogP contribution in [0.5, 0.6) is 5.75 Å². The first-order valence-electron chi connectivity index (χ1n) is 11.2. The molecule has 0 aliphatic carbocycles. The molecule has 5 nitrogen and oxygen atoms in total. The van der Waals surface area contributed by atoms with E-state index in [0.29, 0.717) is 6.54 Å². The van der Waals surface area contributed by atoms with Crippen LogP contribution in [0, 0.1) is 0 Å². The molecule has 33 heavy (non-hydrogen) atoms. The minimum Gasteiger partial charge on any atom is -0.497 e. The quantitative estimate of drug-likeness (QED) is 0.414. The molecule has 166 valence electrons. The van der Waals surface area contributed by atoms with Crippen molar-refractivity contribution in [3.05, 3.63) is 114 Å². The Kier molecular flexibility index (Phi) is 5.61. The van der Waals surface area contributed by atoms with Crippen LogP contribution in [-0.4, -0.2) is 22.6 Å². The predicted molar refractivity (Wildman–Crippen MR) is 131 cm³/mol. The molecule has 1 atom stereocenters. The Morgan fingerprint density at radius 3 is 2.45 bits per heavy atom. The van der Waals surface area contributed by atoms with E-state index >= 15 is 0 Å². The number of fused-ring (bicyclic) bond motifs is 3. The molecular weight excluding hydrogens is 410 g/mol. The van der Waals surface area contributed by atoms with Crippen molar-refractivity contribution in [1.29, 1.82) is 0 Å². The third-order valence-electron chi connectivity index (χ3n) is 6.27. The normalized spacial score (nSPS) is 14.7. The number of hydrogen-bond acceptors (Lipinski definition) is 2. The maximum atomic E-state index is 13.7. The van der Waals surface area contributed by atoms with Crippen LogP contribution >= 0.6 is 0 Å². The summed E-state index contributed by atoms with van der Waals surface area (Å²) in [4.78, 5) is 15.6. The summed E-state index contributed by atoms with van der Waals surface area (Å²) in [7, 11) is 1.66. The summed E-state index contributed by atoms with van der Waals surface area (Å²) in [6.07, 6.45) is 3.03. The molecule has 5 rings (SSSR count). The number of nitrogens with zero attached hydrogens (tertiary/aromatic N) is 2. The summed E-state index contributed by atoms with van der Waals surface area (Å²) in [6, 6.07) is 28.0. The number of methoxy groups -OCH3 is 1. The van der Waals surface area contributed by atoms with Gasteiger partial charge in [0, 0.05) is 17.6 Å². The zero-order valence-corrected chi connectivity index (χ0v) is 18.9. The third-order valence-corrected chi connectivity index (χ3v) is 6.27. The highest BCUT2D eigenvalue weighted by Gasteiger charge is 2.33. The molecule has 0 saturated heterocycles. The first kappa shape index (κ1) is 20.9. The van der Waals surface area contributed by atoms with E-state index in [2.05, 4.69) is 53.3 Å². The van der Waals surface area contributed by atoms with E-state index in [1.807, 2.05) is 59.5 Å². The second-order valence-corrected chi connectivity index (χ2v) is 8.22. The van der Waals surface area contributed by atoms with Gasteiger partial charge in [0.2, 0.25) is 0 Å². The van der Waals surface area contributed by atoms with Crippen LogP contribution < -0.4 is 10.1 Å². The Morgan fingerprint density at radius 1 is 0.970 bits per heavy atom. The number of rotatable bonds is 4. The van der Waals surface area contributed by atoms with E-state index in [-0.39, 0.29) is 12.1 Å².